The van der Waals surface area contributed by atoms with Crippen LogP contribution in [0, 0.1) is 5.92 Å². The first-order valence-electron chi connectivity index (χ1n) is 8.06. The van der Waals surface area contributed by atoms with Gasteiger partial charge in [-0.1, -0.05) is 6.92 Å². The van der Waals surface area contributed by atoms with E-state index in [9.17, 15) is 4.79 Å². The molecule has 1 amide bonds. The molecular weight excluding hydrogens is 316 g/mol. The van der Waals surface area contributed by atoms with Crippen LogP contribution in [0.25, 0.3) is 0 Å². The molecule has 1 aromatic rings. The van der Waals surface area contributed by atoms with Crippen LogP contribution in [-0.2, 0) is 0 Å². The van der Waals surface area contributed by atoms with Crippen molar-refractivity contribution in [2.24, 2.45) is 5.92 Å². The van der Waals surface area contributed by atoms with Crippen molar-refractivity contribution >= 4 is 18.3 Å². The zero-order chi connectivity index (χ0) is 15.9. The molecule has 2 unspecified atom stereocenters. The van der Waals surface area contributed by atoms with Gasteiger partial charge in [0.2, 0.25) is 0 Å². The first-order valence-corrected chi connectivity index (χ1v) is 8.06. The third-order valence-corrected chi connectivity index (χ3v) is 3.95. The standard InChI is InChI=1S/C17H26N2O3.ClH/c1-4-21-15-7-6-13(10-16(15)22-5-2)17(20)19-14-11-18-9-8-12(14)3;/h6-7,10,12,14,18H,4-5,8-9,11H2,1-3H3,(H,19,20);1H. The highest BCUT2D eigenvalue weighted by atomic mass is 35.5. The van der Waals surface area contributed by atoms with Gasteiger partial charge in [-0.05, 0) is 50.9 Å². The van der Waals surface area contributed by atoms with Crippen molar-refractivity contribution in [1.29, 1.82) is 0 Å². The van der Waals surface area contributed by atoms with E-state index >= 15 is 0 Å². The minimum absolute atomic E-state index is 0. The predicted octanol–water partition coefficient (Wildman–Crippen LogP) is 2.63. The van der Waals surface area contributed by atoms with Crippen LogP contribution in [0.5, 0.6) is 11.5 Å². The fourth-order valence-electron chi connectivity index (χ4n) is 2.63. The monoisotopic (exact) mass is 342 g/mol. The van der Waals surface area contributed by atoms with Crippen LogP contribution in [0.3, 0.4) is 0 Å². The van der Waals surface area contributed by atoms with Gasteiger partial charge in [0.1, 0.15) is 0 Å². The quantitative estimate of drug-likeness (QED) is 0.834. The van der Waals surface area contributed by atoms with Gasteiger partial charge in [-0.25, -0.2) is 0 Å². The van der Waals surface area contributed by atoms with E-state index in [1.54, 1.807) is 18.2 Å². The maximum absolute atomic E-state index is 12.4. The lowest BCUT2D eigenvalue weighted by Gasteiger charge is -2.30. The van der Waals surface area contributed by atoms with Gasteiger partial charge in [-0.3, -0.25) is 4.79 Å². The number of carbonyl (C=O) groups excluding carboxylic acids is 1. The summed E-state index contributed by atoms with van der Waals surface area (Å²) in [6, 6.07) is 5.50. The lowest BCUT2D eigenvalue weighted by atomic mass is 9.94. The van der Waals surface area contributed by atoms with E-state index < -0.39 is 0 Å². The average molecular weight is 343 g/mol. The number of rotatable bonds is 6. The zero-order valence-electron chi connectivity index (χ0n) is 14.1. The van der Waals surface area contributed by atoms with Crippen LogP contribution in [0.15, 0.2) is 18.2 Å². The summed E-state index contributed by atoms with van der Waals surface area (Å²) < 4.78 is 11.1. The van der Waals surface area contributed by atoms with Crippen molar-refractivity contribution in [2.45, 2.75) is 33.2 Å². The number of amides is 1. The number of carbonyl (C=O) groups is 1. The summed E-state index contributed by atoms with van der Waals surface area (Å²) in [7, 11) is 0. The smallest absolute Gasteiger partial charge is 0.251 e. The minimum Gasteiger partial charge on any atom is -0.490 e. The molecule has 1 aromatic carbocycles. The van der Waals surface area contributed by atoms with Gasteiger partial charge in [-0.15, -0.1) is 12.4 Å². The molecule has 2 atom stereocenters. The maximum atomic E-state index is 12.4. The molecule has 1 saturated heterocycles. The lowest BCUT2D eigenvalue weighted by Crippen LogP contribution is -2.50. The summed E-state index contributed by atoms with van der Waals surface area (Å²) in [5, 5.41) is 6.43. The molecule has 1 aliphatic heterocycles. The second-order valence-corrected chi connectivity index (χ2v) is 5.58. The van der Waals surface area contributed by atoms with Gasteiger partial charge in [0, 0.05) is 18.2 Å². The summed E-state index contributed by atoms with van der Waals surface area (Å²) >= 11 is 0. The molecule has 5 nitrogen and oxygen atoms in total. The van der Waals surface area contributed by atoms with Crippen LogP contribution in [-0.4, -0.2) is 38.3 Å². The van der Waals surface area contributed by atoms with Crippen molar-refractivity contribution in [1.82, 2.24) is 10.6 Å². The molecular formula is C17H27ClN2O3. The van der Waals surface area contributed by atoms with Crippen molar-refractivity contribution in [3.05, 3.63) is 23.8 Å². The molecule has 23 heavy (non-hydrogen) atoms. The zero-order valence-corrected chi connectivity index (χ0v) is 14.9. The van der Waals surface area contributed by atoms with Gasteiger partial charge < -0.3 is 20.1 Å². The largest absolute Gasteiger partial charge is 0.490 e. The molecule has 0 saturated carbocycles. The highest BCUT2D eigenvalue weighted by molar-refractivity contribution is 5.95. The Balaban J connectivity index is 0.00000264. The normalized spacial score (nSPS) is 20.3. The summed E-state index contributed by atoms with van der Waals surface area (Å²) in [6.45, 7) is 8.96. The van der Waals surface area contributed by atoms with Gasteiger partial charge in [0.05, 0.1) is 13.2 Å². The molecule has 1 fully saturated rings. The second-order valence-electron chi connectivity index (χ2n) is 5.58. The third-order valence-electron chi connectivity index (χ3n) is 3.95. The molecule has 6 heteroatoms. The molecule has 2 rings (SSSR count). The first kappa shape index (κ1) is 19.6. The molecule has 0 aliphatic carbocycles. The van der Waals surface area contributed by atoms with E-state index in [1.165, 1.54) is 0 Å². The Morgan fingerprint density at radius 1 is 1.26 bits per heavy atom. The minimum atomic E-state index is -0.0652. The van der Waals surface area contributed by atoms with E-state index in [0.717, 1.165) is 19.5 Å². The van der Waals surface area contributed by atoms with E-state index in [1.807, 2.05) is 13.8 Å². The molecule has 0 aromatic heterocycles. The van der Waals surface area contributed by atoms with E-state index in [2.05, 4.69) is 17.6 Å². The second kappa shape index (κ2) is 9.63. The number of halogens is 1. The molecule has 1 heterocycles. The molecule has 0 bridgehead atoms. The molecule has 0 spiro atoms. The van der Waals surface area contributed by atoms with Crippen LogP contribution in [0.2, 0.25) is 0 Å². The SMILES string of the molecule is CCOc1ccc(C(=O)NC2CNCCC2C)cc1OCC.Cl. The summed E-state index contributed by atoms with van der Waals surface area (Å²) in [5.74, 6) is 1.71. The molecule has 1 aliphatic rings. The molecule has 0 radical (unpaired) electrons. The Hall–Kier alpha value is -1.46. The maximum Gasteiger partial charge on any atom is 0.251 e. The van der Waals surface area contributed by atoms with Gasteiger partial charge in [0.25, 0.3) is 5.91 Å². The first-order chi connectivity index (χ1) is 10.7. The van der Waals surface area contributed by atoms with Crippen LogP contribution in [0.1, 0.15) is 37.6 Å². The van der Waals surface area contributed by atoms with Gasteiger partial charge in [0.15, 0.2) is 11.5 Å². The van der Waals surface area contributed by atoms with Gasteiger partial charge in [-0.2, -0.15) is 0 Å². The van der Waals surface area contributed by atoms with Crippen LogP contribution in [0.4, 0.5) is 0 Å². The number of nitrogens with one attached hydrogen (secondary N) is 2. The molecule has 130 valence electrons. The lowest BCUT2D eigenvalue weighted by molar-refractivity contribution is 0.0914. The Kier molecular flexibility index (Phi) is 8.20. The number of hydrogen-bond donors (Lipinski definition) is 2. The van der Waals surface area contributed by atoms with Gasteiger partial charge >= 0.3 is 0 Å². The summed E-state index contributed by atoms with van der Waals surface area (Å²) in [4.78, 5) is 12.4. The number of piperidine rings is 1. The Bertz CT molecular complexity index is 511. The predicted molar refractivity (Wildman–Crippen MR) is 93.9 cm³/mol. The van der Waals surface area contributed by atoms with Crippen molar-refractivity contribution in [2.75, 3.05) is 26.3 Å². The van der Waals surface area contributed by atoms with Crippen molar-refractivity contribution < 1.29 is 14.3 Å². The molecule has 2 N–H and O–H groups in total. The summed E-state index contributed by atoms with van der Waals surface area (Å²) in [5.41, 5.74) is 0.602. The van der Waals surface area contributed by atoms with Crippen molar-refractivity contribution in [3.8, 4) is 11.5 Å². The Labute approximate surface area is 144 Å². The fourth-order valence-corrected chi connectivity index (χ4v) is 2.63. The van der Waals surface area contributed by atoms with E-state index in [0.29, 0.717) is 36.2 Å². The number of ether oxygens (including phenoxy) is 2. The van der Waals surface area contributed by atoms with Crippen LogP contribution >= 0.6 is 12.4 Å². The van der Waals surface area contributed by atoms with Crippen LogP contribution < -0.4 is 20.1 Å². The number of benzene rings is 1. The van der Waals surface area contributed by atoms with E-state index in [4.69, 9.17) is 9.47 Å². The summed E-state index contributed by atoms with van der Waals surface area (Å²) in [6.07, 6.45) is 1.08. The topological polar surface area (TPSA) is 59.6 Å². The average Bonchev–Trinajstić information content (AvgIpc) is 2.51. The number of hydrogen-bond acceptors (Lipinski definition) is 4. The Morgan fingerprint density at radius 3 is 2.61 bits per heavy atom. The Morgan fingerprint density at radius 2 is 1.96 bits per heavy atom. The fraction of sp³-hybridized carbons (Fsp3) is 0.588. The highest BCUT2D eigenvalue weighted by Crippen LogP contribution is 2.28. The van der Waals surface area contributed by atoms with Crippen molar-refractivity contribution in [3.63, 3.8) is 0 Å². The third kappa shape index (κ3) is 5.29. The van der Waals surface area contributed by atoms with E-state index in [-0.39, 0.29) is 24.4 Å². The highest BCUT2D eigenvalue weighted by Gasteiger charge is 2.23.